The average molecular weight is 231 g/mol. The minimum atomic E-state index is -0.134. The Kier molecular flexibility index (Phi) is 3.73. The number of alkyl halides is 1. The molecule has 0 aliphatic heterocycles. The van der Waals surface area contributed by atoms with Gasteiger partial charge < -0.3 is 0 Å². The van der Waals surface area contributed by atoms with Gasteiger partial charge in [-0.2, -0.15) is 0 Å². The van der Waals surface area contributed by atoms with Gasteiger partial charge in [-0.3, -0.25) is 0 Å². The van der Waals surface area contributed by atoms with E-state index in [9.17, 15) is 4.39 Å². The van der Waals surface area contributed by atoms with Crippen molar-refractivity contribution in [3.05, 3.63) is 35.1 Å². The third-order valence-corrected chi connectivity index (χ3v) is 2.45. The van der Waals surface area contributed by atoms with E-state index in [0.29, 0.717) is 0 Å². The molecule has 0 bridgehead atoms. The maximum absolute atomic E-state index is 12.8. The first-order valence-corrected chi connectivity index (χ1v) is 5.17. The number of halogens is 2. The van der Waals surface area contributed by atoms with E-state index >= 15 is 0 Å². The van der Waals surface area contributed by atoms with Crippen molar-refractivity contribution in [1.29, 1.82) is 0 Å². The fraction of sp³-hybridized carbons (Fsp3) is 0.400. The molecule has 12 heavy (non-hydrogen) atoms. The maximum Gasteiger partial charge on any atom is 0.123 e. The van der Waals surface area contributed by atoms with Gasteiger partial charge >= 0.3 is 0 Å². The quantitative estimate of drug-likeness (QED) is 0.699. The summed E-state index contributed by atoms with van der Waals surface area (Å²) in [7, 11) is 0. The summed E-state index contributed by atoms with van der Waals surface area (Å²) in [5.74, 6) is -0.134. The molecule has 0 saturated heterocycles. The lowest BCUT2D eigenvalue weighted by molar-refractivity contribution is 0.624. The topological polar surface area (TPSA) is 0 Å². The van der Waals surface area contributed by atoms with E-state index in [2.05, 4.69) is 15.9 Å². The minimum Gasteiger partial charge on any atom is -0.207 e. The Balaban J connectivity index is 2.75. The number of hydrogen-bond donors (Lipinski definition) is 0. The highest BCUT2D eigenvalue weighted by atomic mass is 79.9. The van der Waals surface area contributed by atoms with Gasteiger partial charge in [0, 0.05) is 5.33 Å². The zero-order valence-electron chi connectivity index (χ0n) is 7.11. The average Bonchev–Trinajstić information content (AvgIpc) is 2.07. The van der Waals surface area contributed by atoms with Gasteiger partial charge in [0.15, 0.2) is 0 Å². The number of rotatable bonds is 3. The van der Waals surface area contributed by atoms with E-state index in [4.69, 9.17) is 0 Å². The normalized spacial score (nSPS) is 10.2. The highest BCUT2D eigenvalue weighted by Crippen LogP contribution is 2.12. The first-order chi connectivity index (χ1) is 5.74. The molecule has 1 rings (SSSR count). The largest absolute Gasteiger partial charge is 0.207 e. The Bertz CT molecular complexity index is 258. The molecule has 0 saturated carbocycles. The molecule has 66 valence electrons. The Hall–Kier alpha value is -0.370. The standard InChI is InChI=1S/C10H12BrF/c1-8-4-5-10(12)7-9(8)3-2-6-11/h4-5,7H,2-3,6H2,1H3. The van der Waals surface area contributed by atoms with Gasteiger partial charge in [0.1, 0.15) is 5.82 Å². The van der Waals surface area contributed by atoms with Gasteiger partial charge in [-0.15, -0.1) is 0 Å². The summed E-state index contributed by atoms with van der Waals surface area (Å²) in [5, 5.41) is 0.975. The summed E-state index contributed by atoms with van der Waals surface area (Å²) in [4.78, 5) is 0. The molecule has 0 aromatic heterocycles. The second kappa shape index (κ2) is 4.61. The van der Waals surface area contributed by atoms with E-state index in [1.54, 1.807) is 6.07 Å². The highest BCUT2D eigenvalue weighted by Gasteiger charge is 1.99. The SMILES string of the molecule is Cc1ccc(F)cc1CCCBr. The second-order valence-electron chi connectivity index (χ2n) is 2.86. The molecule has 0 fully saturated rings. The molecule has 2 heteroatoms. The molecule has 0 nitrogen and oxygen atoms in total. The summed E-state index contributed by atoms with van der Waals surface area (Å²) in [6.07, 6.45) is 2.01. The van der Waals surface area contributed by atoms with Crippen LogP contribution in [0.2, 0.25) is 0 Å². The van der Waals surface area contributed by atoms with Crippen molar-refractivity contribution in [2.75, 3.05) is 5.33 Å². The van der Waals surface area contributed by atoms with Crippen molar-refractivity contribution in [2.24, 2.45) is 0 Å². The molecule has 0 atom stereocenters. The lowest BCUT2D eigenvalue weighted by Gasteiger charge is -2.03. The lowest BCUT2D eigenvalue weighted by Crippen LogP contribution is -1.91. The third kappa shape index (κ3) is 2.59. The van der Waals surface area contributed by atoms with Crippen LogP contribution in [0.5, 0.6) is 0 Å². The summed E-state index contributed by atoms with van der Waals surface area (Å²) in [5.41, 5.74) is 2.30. The highest BCUT2D eigenvalue weighted by molar-refractivity contribution is 9.09. The van der Waals surface area contributed by atoms with Crippen LogP contribution in [0.25, 0.3) is 0 Å². The summed E-state index contributed by atoms with van der Waals surface area (Å²) < 4.78 is 12.8. The van der Waals surface area contributed by atoms with Crippen LogP contribution < -0.4 is 0 Å². The fourth-order valence-electron chi connectivity index (χ4n) is 1.17. The van der Waals surface area contributed by atoms with Gasteiger partial charge in [-0.05, 0) is 43.0 Å². The predicted octanol–water partition coefficient (Wildman–Crippen LogP) is 3.46. The van der Waals surface area contributed by atoms with E-state index in [-0.39, 0.29) is 5.82 Å². The van der Waals surface area contributed by atoms with Crippen LogP contribution in [-0.2, 0) is 6.42 Å². The third-order valence-electron chi connectivity index (χ3n) is 1.89. The summed E-state index contributed by atoms with van der Waals surface area (Å²) in [6.45, 7) is 2.02. The van der Waals surface area contributed by atoms with Crippen LogP contribution in [0, 0.1) is 12.7 Å². The Labute approximate surface area is 80.9 Å². The number of aryl methyl sites for hydroxylation is 2. The first-order valence-electron chi connectivity index (χ1n) is 4.05. The molecule has 1 aromatic rings. The van der Waals surface area contributed by atoms with Crippen molar-refractivity contribution >= 4 is 15.9 Å². The molecule has 0 spiro atoms. The molecular formula is C10H12BrF. The molecule has 0 heterocycles. The fourth-order valence-corrected chi connectivity index (χ4v) is 1.45. The number of hydrogen-bond acceptors (Lipinski definition) is 0. The van der Waals surface area contributed by atoms with Crippen LogP contribution in [0.15, 0.2) is 18.2 Å². The lowest BCUT2D eigenvalue weighted by atomic mass is 10.0. The molecule has 1 aromatic carbocycles. The molecule has 0 aliphatic carbocycles. The smallest absolute Gasteiger partial charge is 0.123 e. The van der Waals surface area contributed by atoms with Crippen molar-refractivity contribution in [3.63, 3.8) is 0 Å². The van der Waals surface area contributed by atoms with Gasteiger partial charge in [0.05, 0.1) is 0 Å². The van der Waals surface area contributed by atoms with Gasteiger partial charge in [-0.25, -0.2) is 4.39 Å². The Morgan fingerprint density at radius 3 is 2.83 bits per heavy atom. The van der Waals surface area contributed by atoms with Crippen molar-refractivity contribution < 1.29 is 4.39 Å². The molecule has 0 aliphatic rings. The minimum absolute atomic E-state index is 0.134. The van der Waals surface area contributed by atoms with E-state index in [1.165, 1.54) is 11.6 Å². The Morgan fingerprint density at radius 2 is 2.17 bits per heavy atom. The summed E-state index contributed by atoms with van der Waals surface area (Å²) >= 11 is 3.36. The van der Waals surface area contributed by atoms with E-state index in [0.717, 1.165) is 23.7 Å². The Morgan fingerprint density at radius 1 is 1.42 bits per heavy atom. The molecular weight excluding hydrogens is 219 g/mol. The molecule has 0 radical (unpaired) electrons. The van der Waals surface area contributed by atoms with E-state index in [1.807, 2.05) is 13.0 Å². The number of benzene rings is 1. The van der Waals surface area contributed by atoms with Crippen LogP contribution in [0.3, 0.4) is 0 Å². The zero-order valence-corrected chi connectivity index (χ0v) is 8.70. The van der Waals surface area contributed by atoms with Crippen LogP contribution >= 0.6 is 15.9 Å². The summed E-state index contributed by atoms with van der Waals surface area (Å²) in [6, 6.07) is 4.96. The van der Waals surface area contributed by atoms with Gasteiger partial charge in [-0.1, -0.05) is 22.0 Å². The van der Waals surface area contributed by atoms with Crippen molar-refractivity contribution in [2.45, 2.75) is 19.8 Å². The second-order valence-corrected chi connectivity index (χ2v) is 3.66. The molecule has 0 unspecified atom stereocenters. The van der Waals surface area contributed by atoms with Crippen LogP contribution in [0.1, 0.15) is 17.5 Å². The van der Waals surface area contributed by atoms with Gasteiger partial charge in [0.2, 0.25) is 0 Å². The molecule has 0 amide bonds. The van der Waals surface area contributed by atoms with Crippen LogP contribution in [0.4, 0.5) is 4.39 Å². The van der Waals surface area contributed by atoms with E-state index < -0.39 is 0 Å². The van der Waals surface area contributed by atoms with Crippen molar-refractivity contribution in [3.8, 4) is 0 Å². The first kappa shape index (κ1) is 9.72. The van der Waals surface area contributed by atoms with Gasteiger partial charge in [0.25, 0.3) is 0 Å². The van der Waals surface area contributed by atoms with Crippen molar-refractivity contribution in [1.82, 2.24) is 0 Å². The maximum atomic E-state index is 12.8. The predicted molar refractivity (Wildman–Crippen MR) is 53.3 cm³/mol. The molecule has 0 N–H and O–H groups in total. The van der Waals surface area contributed by atoms with Crippen LogP contribution in [-0.4, -0.2) is 5.33 Å². The zero-order chi connectivity index (χ0) is 8.97. The monoisotopic (exact) mass is 230 g/mol.